The van der Waals surface area contributed by atoms with Gasteiger partial charge in [0, 0.05) is 19.1 Å². The summed E-state index contributed by atoms with van der Waals surface area (Å²) in [5, 5.41) is 15.2. The van der Waals surface area contributed by atoms with E-state index in [1.165, 1.54) is 0 Å². The highest BCUT2D eigenvalue weighted by Gasteiger charge is 2.07. The Hall–Kier alpha value is -1.79. The number of para-hydroxylation sites is 1. The summed E-state index contributed by atoms with van der Waals surface area (Å²) in [4.78, 5) is 2.30. The molecule has 0 spiro atoms. The summed E-state index contributed by atoms with van der Waals surface area (Å²) in [6, 6.07) is 10.5. The smallest absolute Gasteiger partial charge is 0.170 e. The van der Waals surface area contributed by atoms with Crippen LogP contribution in [0, 0.1) is 0 Å². The molecule has 1 N–H and O–H groups in total. The number of likely N-dealkylation sites (N-methyl/N-ethyl adjacent to an activating group) is 1. The number of tetrazole rings is 1. The van der Waals surface area contributed by atoms with Crippen molar-refractivity contribution < 1.29 is 0 Å². The van der Waals surface area contributed by atoms with E-state index in [-0.39, 0.29) is 0 Å². The van der Waals surface area contributed by atoms with Crippen LogP contribution in [0.15, 0.2) is 30.3 Å². The molecular weight excluding hydrogens is 252 g/mol. The minimum absolute atomic E-state index is 0.562. The first kappa shape index (κ1) is 14.6. The van der Waals surface area contributed by atoms with Crippen molar-refractivity contribution in [2.24, 2.45) is 0 Å². The van der Waals surface area contributed by atoms with Gasteiger partial charge in [0.15, 0.2) is 5.82 Å². The van der Waals surface area contributed by atoms with E-state index in [1.54, 1.807) is 4.68 Å². The number of rotatable bonds is 7. The van der Waals surface area contributed by atoms with Gasteiger partial charge >= 0.3 is 0 Å². The van der Waals surface area contributed by atoms with Crippen LogP contribution in [0.3, 0.4) is 0 Å². The molecule has 0 atom stereocenters. The van der Waals surface area contributed by atoms with E-state index in [9.17, 15) is 0 Å². The Labute approximate surface area is 119 Å². The zero-order valence-electron chi connectivity index (χ0n) is 12.3. The lowest BCUT2D eigenvalue weighted by Crippen LogP contribution is -2.33. The predicted octanol–water partition coefficient (Wildman–Crippen LogP) is 1.09. The van der Waals surface area contributed by atoms with Crippen molar-refractivity contribution in [3.8, 4) is 5.69 Å². The van der Waals surface area contributed by atoms with Crippen molar-refractivity contribution in [1.82, 2.24) is 30.4 Å². The summed E-state index contributed by atoms with van der Waals surface area (Å²) in [6.07, 6.45) is 0. The van der Waals surface area contributed by atoms with Crippen LogP contribution < -0.4 is 5.32 Å². The molecule has 0 amide bonds. The van der Waals surface area contributed by atoms with Crippen molar-refractivity contribution in [2.45, 2.75) is 26.4 Å². The molecule has 1 heterocycles. The van der Waals surface area contributed by atoms with Gasteiger partial charge in [-0.3, -0.25) is 0 Å². The molecule has 0 saturated carbocycles. The van der Waals surface area contributed by atoms with Gasteiger partial charge in [0.05, 0.1) is 12.2 Å². The molecule has 1 aromatic heterocycles. The molecule has 108 valence electrons. The van der Waals surface area contributed by atoms with Crippen LogP contribution >= 0.6 is 0 Å². The Kier molecular flexibility index (Phi) is 5.20. The third kappa shape index (κ3) is 3.85. The monoisotopic (exact) mass is 274 g/mol. The van der Waals surface area contributed by atoms with Crippen LogP contribution in [0.5, 0.6) is 0 Å². The highest BCUT2D eigenvalue weighted by molar-refractivity contribution is 5.30. The van der Waals surface area contributed by atoms with Gasteiger partial charge < -0.3 is 10.2 Å². The van der Waals surface area contributed by atoms with Crippen molar-refractivity contribution in [3.05, 3.63) is 36.2 Å². The topological polar surface area (TPSA) is 58.9 Å². The molecule has 2 rings (SSSR count). The number of nitrogens with one attached hydrogen (secondary N) is 1. The standard InChI is InChI=1S/C14H22N6/c1-12(2)19(3)10-9-15-11-14-16-17-18-20(14)13-7-5-4-6-8-13/h4-8,12,15H,9-11H2,1-3H3. The number of benzene rings is 1. The summed E-state index contributed by atoms with van der Waals surface area (Å²) >= 11 is 0. The maximum Gasteiger partial charge on any atom is 0.170 e. The van der Waals surface area contributed by atoms with Crippen molar-refractivity contribution >= 4 is 0 Å². The minimum atomic E-state index is 0.562. The van der Waals surface area contributed by atoms with Gasteiger partial charge in [-0.1, -0.05) is 18.2 Å². The third-order valence-electron chi connectivity index (χ3n) is 3.34. The zero-order chi connectivity index (χ0) is 14.4. The summed E-state index contributed by atoms with van der Waals surface area (Å²) < 4.78 is 1.76. The van der Waals surface area contributed by atoms with Gasteiger partial charge in [0.25, 0.3) is 0 Å². The van der Waals surface area contributed by atoms with Gasteiger partial charge in [-0.2, -0.15) is 4.68 Å². The molecule has 0 aliphatic rings. The van der Waals surface area contributed by atoms with E-state index in [0.717, 1.165) is 24.6 Å². The maximum atomic E-state index is 4.07. The third-order valence-corrected chi connectivity index (χ3v) is 3.34. The number of hydrogen-bond donors (Lipinski definition) is 1. The fourth-order valence-corrected chi connectivity index (χ4v) is 1.80. The van der Waals surface area contributed by atoms with E-state index in [0.29, 0.717) is 12.6 Å². The number of nitrogens with zero attached hydrogens (tertiary/aromatic N) is 5. The lowest BCUT2D eigenvalue weighted by Gasteiger charge is -2.20. The average molecular weight is 274 g/mol. The van der Waals surface area contributed by atoms with Gasteiger partial charge in [-0.25, -0.2) is 0 Å². The molecule has 0 aliphatic heterocycles. The summed E-state index contributed by atoms with van der Waals surface area (Å²) in [5.74, 6) is 0.823. The quantitative estimate of drug-likeness (QED) is 0.766. The van der Waals surface area contributed by atoms with Crippen LogP contribution in [0.25, 0.3) is 5.69 Å². The Morgan fingerprint density at radius 3 is 2.70 bits per heavy atom. The fourth-order valence-electron chi connectivity index (χ4n) is 1.80. The van der Waals surface area contributed by atoms with Crippen molar-refractivity contribution in [2.75, 3.05) is 20.1 Å². The van der Waals surface area contributed by atoms with Crippen LogP contribution in [0.1, 0.15) is 19.7 Å². The van der Waals surface area contributed by atoms with Crippen LogP contribution in [-0.2, 0) is 6.54 Å². The van der Waals surface area contributed by atoms with E-state index >= 15 is 0 Å². The molecule has 1 aromatic carbocycles. The van der Waals surface area contributed by atoms with Crippen LogP contribution in [-0.4, -0.2) is 51.3 Å². The first-order valence-electron chi connectivity index (χ1n) is 6.92. The molecule has 0 fully saturated rings. The van der Waals surface area contributed by atoms with Crippen molar-refractivity contribution in [1.29, 1.82) is 0 Å². The van der Waals surface area contributed by atoms with Gasteiger partial charge in [0.1, 0.15) is 0 Å². The molecule has 0 saturated heterocycles. The first-order chi connectivity index (χ1) is 9.68. The normalized spacial score (nSPS) is 11.4. The lowest BCUT2D eigenvalue weighted by molar-refractivity contribution is 0.273. The summed E-state index contributed by atoms with van der Waals surface area (Å²) in [6.45, 7) is 6.96. The van der Waals surface area contributed by atoms with E-state index in [1.807, 2.05) is 30.3 Å². The van der Waals surface area contributed by atoms with E-state index < -0.39 is 0 Å². The highest BCUT2D eigenvalue weighted by atomic mass is 15.5. The molecule has 6 nitrogen and oxygen atoms in total. The molecule has 2 aromatic rings. The minimum Gasteiger partial charge on any atom is -0.308 e. The molecule has 20 heavy (non-hydrogen) atoms. The summed E-state index contributed by atoms with van der Waals surface area (Å²) in [7, 11) is 2.13. The zero-order valence-corrected chi connectivity index (χ0v) is 12.3. The van der Waals surface area contributed by atoms with Gasteiger partial charge in [-0.05, 0) is 43.5 Å². The number of hydrogen-bond acceptors (Lipinski definition) is 5. The average Bonchev–Trinajstić information content (AvgIpc) is 2.92. The van der Waals surface area contributed by atoms with Gasteiger partial charge in [-0.15, -0.1) is 5.10 Å². The molecule has 0 radical (unpaired) electrons. The molecule has 0 aliphatic carbocycles. The molecule has 6 heteroatoms. The van der Waals surface area contributed by atoms with Crippen LogP contribution in [0.2, 0.25) is 0 Å². The Morgan fingerprint density at radius 1 is 1.25 bits per heavy atom. The Morgan fingerprint density at radius 2 is 2.00 bits per heavy atom. The first-order valence-corrected chi connectivity index (χ1v) is 6.92. The Balaban J connectivity index is 1.87. The molecule has 0 bridgehead atoms. The SMILES string of the molecule is CC(C)N(C)CCNCc1nnnn1-c1ccccc1. The second-order valence-electron chi connectivity index (χ2n) is 5.09. The van der Waals surface area contributed by atoms with Crippen LogP contribution in [0.4, 0.5) is 0 Å². The largest absolute Gasteiger partial charge is 0.308 e. The highest BCUT2D eigenvalue weighted by Crippen LogP contribution is 2.06. The fraction of sp³-hybridized carbons (Fsp3) is 0.500. The summed E-state index contributed by atoms with van der Waals surface area (Å²) in [5.41, 5.74) is 0.980. The second kappa shape index (κ2) is 7.12. The predicted molar refractivity (Wildman–Crippen MR) is 78.6 cm³/mol. The maximum absolute atomic E-state index is 4.07. The van der Waals surface area contributed by atoms with E-state index in [4.69, 9.17) is 0 Å². The lowest BCUT2D eigenvalue weighted by atomic mass is 10.3. The van der Waals surface area contributed by atoms with E-state index in [2.05, 4.69) is 46.6 Å². The molecular formula is C14H22N6. The second-order valence-corrected chi connectivity index (χ2v) is 5.09. The number of aromatic nitrogens is 4. The van der Waals surface area contributed by atoms with Crippen molar-refractivity contribution in [3.63, 3.8) is 0 Å². The molecule has 0 unspecified atom stereocenters. The van der Waals surface area contributed by atoms with Gasteiger partial charge in [0.2, 0.25) is 0 Å². The Bertz CT molecular complexity index is 507.